The first-order valence-corrected chi connectivity index (χ1v) is 11.4. The third-order valence-corrected chi connectivity index (χ3v) is 6.60. The van der Waals surface area contributed by atoms with Gasteiger partial charge in [-0.25, -0.2) is 9.18 Å². The quantitative estimate of drug-likeness (QED) is 0.236. The predicted molar refractivity (Wildman–Crippen MR) is 128 cm³/mol. The SMILES string of the molecule is Cc1ccc2c(CSc3nnc(-c4ccccc4)n3-c3ccc(F)cc3)cc(=O)oc2c1C. The van der Waals surface area contributed by atoms with Crippen LogP contribution in [0.15, 0.2) is 87.2 Å². The topological polar surface area (TPSA) is 60.9 Å². The number of rotatable bonds is 5. The maximum Gasteiger partial charge on any atom is 0.336 e. The standard InChI is InChI=1S/C26H20FN3O2S/c1-16-8-13-22-19(14-23(31)32-24(22)17(16)2)15-33-26-29-28-25(18-6-4-3-5-7-18)30(26)21-11-9-20(27)10-12-21/h3-14H,15H2,1-2H3. The second-order valence-electron chi connectivity index (χ2n) is 7.75. The second-order valence-corrected chi connectivity index (χ2v) is 8.69. The molecule has 5 aromatic rings. The third-order valence-electron chi connectivity index (χ3n) is 5.62. The average Bonchev–Trinajstić information content (AvgIpc) is 3.25. The molecule has 164 valence electrons. The highest BCUT2D eigenvalue weighted by molar-refractivity contribution is 7.98. The van der Waals surface area contributed by atoms with E-state index in [1.807, 2.05) is 60.9 Å². The van der Waals surface area contributed by atoms with Crippen molar-refractivity contribution in [1.82, 2.24) is 14.8 Å². The van der Waals surface area contributed by atoms with Crippen LogP contribution in [0.4, 0.5) is 4.39 Å². The Morgan fingerprint density at radius 1 is 0.970 bits per heavy atom. The summed E-state index contributed by atoms with van der Waals surface area (Å²) in [6.45, 7) is 3.95. The Kier molecular flexibility index (Phi) is 5.56. The zero-order valence-corrected chi connectivity index (χ0v) is 18.9. The summed E-state index contributed by atoms with van der Waals surface area (Å²) in [6.07, 6.45) is 0. The number of benzene rings is 3. The fourth-order valence-corrected chi connectivity index (χ4v) is 4.69. The molecule has 5 nitrogen and oxygen atoms in total. The molecule has 0 radical (unpaired) electrons. The molecule has 0 aliphatic rings. The lowest BCUT2D eigenvalue weighted by Crippen LogP contribution is -2.03. The molecule has 5 rings (SSSR count). The first-order chi connectivity index (χ1) is 16.0. The lowest BCUT2D eigenvalue weighted by atomic mass is 10.0. The van der Waals surface area contributed by atoms with Gasteiger partial charge in [0.25, 0.3) is 0 Å². The molecule has 0 N–H and O–H groups in total. The molecule has 2 heterocycles. The summed E-state index contributed by atoms with van der Waals surface area (Å²) in [7, 11) is 0. The van der Waals surface area contributed by atoms with E-state index in [0.29, 0.717) is 22.3 Å². The Labute approximate surface area is 193 Å². The summed E-state index contributed by atoms with van der Waals surface area (Å²) in [5, 5.41) is 10.4. The molecule has 0 unspecified atom stereocenters. The lowest BCUT2D eigenvalue weighted by Gasteiger charge is -2.11. The van der Waals surface area contributed by atoms with Crippen molar-refractivity contribution in [2.45, 2.75) is 24.8 Å². The van der Waals surface area contributed by atoms with Crippen LogP contribution in [-0.4, -0.2) is 14.8 Å². The zero-order chi connectivity index (χ0) is 22.9. The molecule has 0 spiro atoms. The van der Waals surface area contributed by atoms with Crippen LogP contribution < -0.4 is 5.63 Å². The van der Waals surface area contributed by atoms with Crippen LogP contribution >= 0.6 is 11.8 Å². The largest absolute Gasteiger partial charge is 0.422 e. The number of thioether (sulfide) groups is 1. The highest BCUT2D eigenvalue weighted by atomic mass is 32.2. The van der Waals surface area contributed by atoms with Gasteiger partial charge >= 0.3 is 5.63 Å². The average molecular weight is 458 g/mol. The van der Waals surface area contributed by atoms with E-state index >= 15 is 0 Å². The van der Waals surface area contributed by atoms with E-state index in [1.54, 1.807) is 12.1 Å². The fraction of sp³-hybridized carbons (Fsp3) is 0.115. The predicted octanol–water partition coefficient (Wildman–Crippen LogP) is 6.09. The maximum absolute atomic E-state index is 13.6. The maximum atomic E-state index is 13.6. The first kappa shape index (κ1) is 21.2. The van der Waals surface area contributed by atoms with Crippen molar-refractivity contribution in [3.05, 3.63) is 106 Å². The van der Waals surface area contributed by atoms with Crippen LogP contribution in [0, 0.1) is 19.7 Å². The monoisotopic (exact) mass is 457 g/mol. The number of hydrogen-bond acceptors (Lipinski definition) is 5. The fourth-order valence-electron chi connectivity index (χ4n) is 3.75. The Balaban J connectivity index is 1.57. The molecule has 0 amide bonds. The van der Waals surface area contributed by atoms with E-state index in [9.17, 15) is 9.18 Å². The van der Waals surface area contributed by atoms with E-state index in [2.05, 4.69) is 10.2 Å². The summed E-state index contributed by atoms with van der Waals surface area (Å²) in [6, 6.07) is 21.5. The first-order valence-electron chi connectivity index (χ1n) is 10.4. The Bertz CT molecular complexity index is 1510. The zero-order valence-electron chi connectivity index (χ0n) is 18.1. The molecule has 3 aromatic carbocycles. The van der Waals surface area contributed by atoms with Gasteiger partial charge in [0.05, 0.1) is 0 Å². The van der Waals surface area contributed by atoms with Crippen LogP contribution in [0.2, 0.25) is 0 Å². The summed E-state index contributed by atoms with van der Waals surface area (Å²) in [5.41, 5.74) is 4.78. The molecule has 2 aromatic heterocycles. The summed E-state index contributed by atoms with van der Waals surface area (Å²) in [5.74, 6) is 0.850. The number of halogens is 1. The molecular weight excluding hydrogens is 437 g/mol. The van der Waals surface area contributed by atoms with Crippen molar-refractivity contribution in [3.63, 3.8) is 0 Å². The molecule has 0 saturated heterocycles. The van der Waals surface area contributed by atoms with E-state index in [4.69, 9.17) is 4.42 Å². The minimum atomic E-state index is -0.378. The van der Waals surface area contributed by atoms with Crippen LogP contribution in [-0.2, 0) is 5.75 Å². The van der Waals surface area contributed by atoms with Crippen molar-refractivity contribution in [3.8, 4) is 17.1 Å². The smallest absolute Gasteiger partial charge is 0.336 e. The van der Waals surface area contributed by atoms with Gasteiger partial charge < -0.3 is 4.42 Å². The number of fused-ring (bicyclic) bond motifs is 1. The van der Waals surface area contributed by atoms with Gasteiger partial charge in [-0.05, 0) is 54.8 Å². The molecule has 0 saturated carbocycles. The van der Waals surface area contributed by atoms with Gasteiger partial charge in [0, 0.05) is 28.5 Å². The van der Waals surface area contributed by atoms with Crippen molar-refractivity contribution in [1.29, 1.82) is 0 Å². The summed E-state index contributed by atoms with van der Waals surface area (Å²) < 4.78 is 21.0. The molecule has 0 aliphatic carbocycles. The van der Waals surface area contributed by atoms with Crippen LogP contribution in [0.1, 0.15) is 16.7 Å². The van der Waals surface area contributed by atoms with Crippen molar-refractivity contribution < 1.29 is 8.81 Å². The van der Waals surface area contributed by atoms with E-state index in [-0.39, 0.29) is 11.4 Å². The number of nitrogens with zero attached hydrogens (tertiary/aromatic N) is 3. The normalized spacial score (nSPS) is 11.2. The highest BCUT2D eigenvalue weighted by Crippen LogP contribution is 2.32. The van der Waals surface area contributed by atoms with Crippen LogP contribution in [0.3, 0.4) is 0 Å². The van der Waals surface area contributed by atoms with Gasteiger partial charge in [0.1, 0.15) is 11.4 Å². The van der Waals surface area contributed by atoms with E-state index < -0.39 is 0 Å². The Morgan fingerprint density at radius 3 is 2.48 bits per heavy atom. The van der Waals surface area contributed by atoms with Gasteiger partial charge in [0.15, 0.2) is 11.0 Å². The van der Waals surface area contributed by atoms with Gasteiger partial charge in [-0.2, -0.15) is 0 Å². The minimum absolute atomic E-state index is 0.310. The highest BCUT2D eigenvalue weighted by Gasteiger charge is 2.17. The second kappa shape index (κ2) is 8.67. The van der Waals surface area contributed by atoms with E-state index in [1.165, 1.54) is 30.0 Å². The number of aryl methyl sites for hydroxylation is 2. The lowest BCUT2D eigenvalue weighted by molar-refractivity contribution is 0.557. The summed E-state index contributed by atoms with van der Waals surface area (Å²) in [4.78, 5) is 12.2. The number of aromatic nitrogens is 3. The number of hydrogen-bond donors (Lipinski definition) is 0. The molecule has 0 aliphatic heterocycles. The minimum Gasteiger partial charge on any atom is -0.422 e. The molecule has 33 heavy (non-hydrogen) atoms. The third kappa shape index (κ3) is 4.07. The van der Waals surface area contributed by atoms with Crippen molar-refractivity contribution >= 4 is 22.7 Å². The van der Waals surface area contributed by atoms with Gasteiger partial charge in [0.2, 0.25) is 0 Å². The Morgan fingerprint density at radius 2 is 1.73 bits per heavy atom. The molecule has 0 fully saturated rings. The van der Waals surface area contributed by atoms with Gasteiger partial charge in [-0.3, -0.25) is 4.57 Å². The van der Waals surface area contributed by atoms with Crippen LogP contribution in [0.25, 0.3) is 28.0 Å². The van der Waals surface area contributed by atoms with Crippen molar-refractivity contribution in [2.75, 3.05) is 0 Å². The molecule has 0 bridgehead atoms. The van der Waals surface area contributed by atoms with Gasteiger partial charge in [-0.1, -0.05) is 54.2 Å². The molecule has 7 heteroatoms. The summed E-state index contributed by atoms with van der Waals surface area (Å²) >= 11 is 1.46. The van der Waals surface area contributed by atoms with Crippen molar-refractivity contribution in [2.24, 2.45) is 0 Å². The van der Waals surface area contributed by atoms with Gasteiger partial charge in [-0.15, -0.1) is 10.2 Å². The Hall–Kier alpha value is -3.71. The van der Waals surface area contributed by atoms with Crippen LogP contribution in [0.5, 0.6) is 0 Å². The van der Waals surface area contributed by atoms with E-state index in [0.717, 1.165) is 33.3 Å². The molecular formula is C26H20FN3O2S. The molecule has 0 atom stereocenters.